The molecule has 0 bridgehead atoms. The van der Waals surface area contributed by atoms with Gasteiger partial charge in [-0.15, -0.1) is 23.1 Å². The Balaban J connectivity index is 1.78. The van der Waals surface area contributed by atoms with Gasteiger partial charge in [-0.25, -0.2) is 4.98 Å². The van der Waals surface area contributed by atoms with Crippen molar-refractivity contribution in [2.75, 3.05) is 5.73 Å². The Bertz CT molecular complexity index is 656. The van der Waals surface area contributed by atoms with Crippen molar-refractivity contribution in [3.63, 3.8) is 0 Å². The van der Waals surface area contributed by atoms with E-state index in [1.165, 1.54) is 0 Å². The number of aromatic nitrogens is 2. The van der Waals surface area contributed by atoms with E-state index < -0.39 is 0 Å². The summed E-state index contributed by atoms with van der Waals surface area (Å²) in [6.45, 7) is 2.03. The number of thioether (sulfide) groups is 1. The quantitative estimate of drug-likeness (QED) is 0.587. The predicted molar refractivity (Wildman–Crippen MR) is 78.2 cm³/mol. The zero-order valence-corrected chi connectivity index (χ0v) is 11.6. The minimum atomic E-state index is 0.849. The number of thiazole rings is 1. The lowest BCUT2D eigenvalue weighted by atomic mass is 10.2. The van der Waals surface area contributed by atoms with E-state index in [1.807, 2.05) is 30.6 Å². The number of nitrogen functional groups attached to an aromatic ring is 1. The van der Waals surface area contributed by atoms with Gasteiger partial charge in [0, 0.05) is 34.1 Å². The van der Waals surface area contributed by atoms with Gasteiger partial charge in [-0.1, -0.05) is 12.1 Å². The fraction of sp³-hybridized carbons (Fsp3) is 0.154. The molecule has 0 spiro atoms. The van der Waals surface area contributed by atoms with Crippen LogP contribution in [0.3, 0.4) is 0 Å². The molecule has 0 fully saturated rings. The predicted octanol–water partition coefficient (Wildman–Crippen LogP) is 3.58. The van der Waals surface area contributed by atoms with Crippen LogP contribution in [0.2, 0.25) is 0 Å². The number of hydrogen-bond donors (Lipinski definition) is 1. The zero-order chi connectivity index (χ0) is 12.5. The average molecular weight is 275 g/mol. The number of rotatable bonds is 3. The van der Waals surface area contributed by atoms with Crippen LogP contribution < -0.4 is 5.73 Å². The van der Waals surface area contributed by atoms with Gasteiger partial charge < -0.3 is 5.73 Å². The van der Waals surface area contributed by atoms with Gasteiger partial charge in [0.2, 0.25) is 0 Å². The van der Waals surface area contributed by atoms with Crippen LogP contribution in [-0.4, -0.2) is 9.38 Å². The number of imidazole rings is 1. The Morgan fingerprint density at radius 3 is 3.17 bits per heavy atom. The highest BCUT2D eigenvalue weighted by Gasteiger charge is 2.06. The highest BCUT2D eigenvalue weighted by molar-refractivity contribution is 7.98. The molecule has 0 saturated heterocycles. The largest absolute Gasteiger partial charge is 0.398 e. The van der Waals surface area contributed by atoms with Gasteiger partial charge in [-0.3, -0.25) is 4.40 Å². The highest BCUT2D eigenvalue weighted by Crippen LogP contribution is 2.30. The number of hydrogen-bond acceptors (Lipinski definition) is 4. The summed E-state index contributed by atoms with van der Waals surface area (Å²) in [6, 6.07) is 6.14. The van der Waals surface area contributed by atoms with Crippen molar-refractivity contribution >= 4 is 33.7 Å². The smallest absolute Gasteiger partial charge is 0.193 e. The monoisotopic (exact) mass is 275 g/mol. The zero-order valence-electron chi connectivity index (χ0n) is 9.96. The molecule has 0 aliphatic heterocycles. The summed E-state index contributed by atoms with van der Waals surface area (Å²) in [5.41, 5.74) is 9.16. The van der Waals surface area contributed by atoms with Crippen LogP contribution in [0.5, 0.6) is 0 Å². The first-order valence-electron chi connectivity index (χ1n) is 5.63. The first-order chi connectivity index (χ1) is 8.74. The molecule has 3 nitrogen and oxygen atoms in total. The van der Waals surface area contributed by atoms with Gasteiger partial charge in [0.25, 0.3) is 0 Å². The average Bonchev–Trinajstić information content (AvgIpc) is 2.91. The molecule has 0 radical (unpaired) electrons. The number of fused-ring (bicyclic) bond motifs is 1. The second kappa shape index (κ2) is 4.66. The normalized spacial score (nSPS) is 11.2. The molecule has 1 aromatic carbocycles. The third-order valence-electron chi connectivity index (χ3n) is 2.80. The van der Waals surface area contributed by atoms with Gasteiger partial charge in [0.15, 0.2) is 4.96 Å². The van der Waals surface area contributed by atoms with Crippen LogP contribution in [-0.2, 0) is 5.75 Å². The number of para-hydroxylation sites is 1. The van der Waals surface area contributed by atoms with Crippen LogP contribution in [0.25, 0.3) is 4.96 Å². The van der Waals surface area contributed by atoms with Crippen LogP contribution >= 0.6 is 23.1 Å². The minimum Gasteiger partial charge on any atom is -0.398 e. The number of aryl methyl sites for hydroxylation is 1. The van der Waals surface area contributed by atoms with E-state index in [1.54, 1.807) is 23.1 Å². The fourth-order valence-electron chi connectivity index (χ4n) is 1.78. The summed E-state index contributed by atoms with van der Waals surface area (Å²) >= 11 is 3.39. The highest BCUT2D eigenvalue weighted by atomic mass is 32.2. The molecule has 92 valence electrons. The van der Waals surface area contributed by atoms with Gasteiger partial charge >= 0.3 is 0 Å². The van der Waals surface area contributed by atoms with Crippen LogP contribution in [0.1, 0.15) is 11.3 Å². The maximum absolute atomic E-state index is 6.06. The molecule has 3 rings (SSSR count). The third kappa shape index (κ3) is 2.11. The first-order valence-corrected chi connectivity index (χ1v) is 7.49. The maximum Gasteiger partial charge on any atom is 0.193 e. The van der Waals surface area contributed by atoms with Crippen molar-refractivity contribution in [1.29, 1.82) is 0 Å². The standard InChI is InChI=1S/C13H13N3S2/c1-9-3-2-4-11(12(9)14)18-8-10-7-16-5-6-17-13(16)15-10/h2-7H,8,14H2,1H3. The lowest BCUT2D eigenvalue weighted by Gasteiger charge is -2.06. The van der Waals surface area contributed by atoms with Crippen molar-refractivity contribution in [2.24, 2.45) is 0 Å². The second-order valence-electron chi connectivity index (χ2n) is 4.10. The molecule has 2 heterocycles. The first kappa shape index (κ1) is 11.6. The Kier molecular flexibility index (Phi) is 3.01. The van der Waals surface area contributed by atoms with E-state index in [0.717, 1.165) is 32.6 Å². The van der Waals surface area contributed by atoms with E-state index in [-0.39, 0.29) is 0 Å². The molecular formula is C13H13N3S2. The number of nitrogens with two attached hydrogens (primary N) is 1. The van der Waals surface area contributed by atoms with E-state index in [9.17, 15) is 0 Å². The molecule has 18 heavy (non-hydrogen) atoms. The van der Waals surface area contributed by atoms with Crippen molar-refractivity contribution in [3.8, 4) is 0 Å². The van der Waals surface area contributed by atoms with Crippen molar-refractivity contribution in [3.05, 3.63) is 47.2 Å². The third-order valence-corrected chi connectivity index (χ3v) is 4.68. The van der Waals surface area contributed by atoms with E-state index >= 15 is 0 Å². The molecule has 2 N–H and O–H groups in total. The van der Waals surface area contributed by atoms with Crippen LogP contribution in [0.4, 0.5) is 5.69 Å². The molecule has 5 heteroatoms. The molecule has 0 aliphatic rings. The van der Waals surface area contributed by atoms with E-state index in [0.29, 0.717) is 0 Å². The Labute approximate surface area is 114 Å². The van der Waals surface area contributed by atoms with Crippen molar-refractivity contribution in [2.45, 2.75) is 17.6 Å². The van der Waals surface area contributed by atoms with Gasteiger partial charge in [-0.2, -0.15) is 0 Å². The molecule has 0 unspecified atom stereocenters. The van der Waals surface area contributed by atoms with Crippen molar-refractivity contribution in [1.82, 2.24) is 9.38 Å². The Morgan fingerprint density at radius 1 is 1.44 bits per heavy atom. The van der Waals surface area contributed by atoms with Gasteiger partial charge in [0.1, 0.15) is 0 Å². The number of benzene rings is 1. The molecule has 2 aromatic heterocycles. The number of nitrogens with zero attached hydrogens (tertiary/aromatic N) is 2. The summed E-state index contributed by atoms with van der Waals surface area (Å²) in [4.78, 5) is 6.73. The van der Waals surface area contributed by atoms with Gasteiger partial charge in [0.05, 0.1) is 5.69 Å². The van der Waals surface area contributed by atoms with Gasteiger partial charge in [-0.05, 0) is 18.6 Å². The summed E-state index contributed by atoms with van der Waals surface area (Å²) in [6.07, 6.45) is 4.10. The van der Waals surface area contributed by atoms with E-state index in [4.69, 9.17) is 5.73 Å². The lowest BCUT2D eigenvalue weighted by Crippen LogP contribution is -1.92. The summed E-state index contributed by atoms with van der Waals surface area (Å²) in [5.74, 6) is 0.849. The second-order valence-corrected chi connectivity index (χ2v) is 5.99. The summed E-state index contributed by atoms with van der Waals surface area (Å²) < 4.78 is 2.06. The molecular weight excluding hydrogens is 262 g/mol. The molecule has 0 amide bonds. The SMILES string of the molecule is Cc1cccc(SCc2cn3ccsc3n2)c1N. The number of anilines is 1. The summed E-state index contributed by atoms with van der Waals surface area (Å²) in [7, 11) is 0. The Hall–Kier alpha value is -1.46. The van der Waals surface area contributed by atoms with E-state index in [2.05, 4.69) is 21.6 Å². The molecule has 0 saturated carbocycles. The fourth-order valence-corrected chi connectivity index (χ4v) is 3.43. The molecule has 0 atom stereocenters. The lowest BCUT2D eigenvalue weighted by molar-refractivity contribution is 1.21. The summed E-state index contributed by atoms with van der Waals surface area (Å²) in [5, 5.41) is 2.04. The Morgan fingerprint density at radius 2 is 2.33 bits per heavy atom. The molecule has 0 aliphatic carbocycles. The molecule has 3 aromatic rings. The van der Waals surface area contributed by atoms with Crippen LogP contribution in [0.15, 0.2) is 40.9 Å². The van der Waals surface area contributed by atoms with Crippen molar-refractivity contribution < 1.29 is 0 Å². The van der Waals surface area contributed by atoms with Crippen LogP contribution in [0, 0.1) is 6.92 Å². The minimum absolute atomic E-state index is 0.849. The topological polar surface area (TPSA) is 43.3 Å². The maximum atomic E-state index is 6.06.